The van der Waals surface area contributed by atoms with Crippen LogP contribution in [-0.2, 0) is 14.3 Å². The van der Waals surface area contributed by atoms with E-state index in [-0.39, 0.29) is 0 Å². The molecule has 1 aliphatic heterocycles. The highest BCUT2D eigenvalue weighted by molar-refractivity contribution is 5.82. The summed E-state index contributed by atoms with van der Waals surface area (Å²) in [4.78, 5) is 24.8. The van der Waals surface area contributed by atoms with E-state index < -0.39 is 23.7 Å². The van der Waals surface area contributed by atoms with Crippen molar-refractivity contribution in [3.63, 3.8) is 0 Å². The van der Waals surface area contributed by atoms with E-state index in [0.717, 1.165) is 12.7 Å². The van der Waals surface area contributed by atoms with Gasteiger partial charge < -0.3 is 9.47 Å². The van der Waals surface area contributed by atoms with Crippen LogP contribution in [0.15, 0.2) is 12.8 Å². The van der Waals surface area contributed by atoms with Gasteiger partial charge in [0.2, 0.25) is 0 Å². The number of rotatable bonds is 2. The van der Waals surface area contributed by atoms with E-state index in [9.17, 15) is 9.59 Å². The van der Waals surface area contributed by atoms with Crippen molar-refractivity contribution in [1.29, 1.82) is 0 Å². The molecule has 0 spiro atoms. The summed E-state index contributed by atoms with van der Waals surface area (Å²) in [5.74, 6) is -0.455. The van der Waals surface area contributed by atoms with E-state index in [4.69, 9.17) is 9.47 Å². The minimum absolute atomic E-state index is 0.455. The zero-order valence-electron chi connectivity index (χ0n) is 10.6. The minimum Gasteiger partial charge on any atom is -0.444 e. The number of carbonyl (C=O) groups excluding carboxylic acids is 2. The molecule has 0 aromatic rings. The van der Waals surface area contributed by atoms with Gasteiger partial charge in [0.05, 0.1) is 6.26 Å². The van der Waals surface area contributed by atoms with Gasteiger partial charge in [-0.15, -0.1) is 0 Å². The third-order valence-electron chi connectivity index (χ3n) is 2.35. The molecule has 1 amide bonds. The van der Waals surface area contributed by atoms with Crippen LogP contribution in [0.3, 0.4) is 0 Å². The van der Waals surface area contributed by atoms with Crippen LogP contribution in [0.2, 0.25) is 0 Å². The second kappa shape index (κ2) is 5.21. The van der Waals surface area contributed by atoms with Crippen LogP contribution in [-0.4, -0.2) is 35.2 Å². The molecule has 0 unspecified atom stereocenters. The summed E-state index contributed by atoms with van der Waals surface area (Å²) in [6, 6.07) is -0.553. The molecular formula is C12H19NO4. The SMILES string of the molecule is C=COC(=O)[C@@H]1CCCN1C(=O)OC(C)(C)C. The zero-order chi connectivity index (χ0) is 13.1. The van der Waals surface area contributed by atoms with Gasteiger partial charge in [-0.25, -0.2) is 9.59 Å². The fourth-order valence-corrected chi connectivity index (χ4v) is 1.71. The molecular weight excluding hydrogens is 222 g/mol. The van der Waals surface area contributed by atoms with Crippen molar-refractivity contribution in [3.05, 3.63) is 12.8 Å². The van der Waals surface area contributed by atoms with Crippen molar-refractivity contribution in [2.45, 2.75) is 45.3 Å². The molecule has 0 saturated carbocycles. The highest BCUT2D eigenvalue weighted by Gasteiger charge is 2.37. The Hall–Kier alpha value is -1.52. The van der Waals surface area contributed by atoms with E-state index in [1.54, 1.807) is 20.8 Å². The highest BCUT2D eigenvalue weighted by atomic mass is 16.6. The molecule has 0 aromatic heterocycles. The summed E-state index contributed by atoms with van der Waals surface area (Å²) in [6.45, 7) is 9.21. The summed E-state index contributed by atoms with van der Waals surface area (Å²) in [5.41, 5.74) is -0.563. The van der Waals surface area contributed by atoms with Gasteiger partial charge in [-0.1, -0.05) is 6.58 Å². The molecule has 1 atom stereocenters. The Morgan fingerprint density at radius 3 is 2.59 bits per heavy atom. The predicted octanol–water partition coefficient (Wildman–Crippen LogP) is 2.07. The second-order valence-corrected chi connectivity index (χ2v) is 4.94. The zero-order valence-corrected chi connectivity index (χ0v) is 10.6. The van der Waals surface area contributed by atoms with Crippen molar-refractivity contribution < 1.29 is 19.1 Å². The Morgan fingerprint density at radius 2 is 2.06 bits per heavy atom. The molecule has 1 heterocycles. The Labute approximate surface area is 101 Å². The molecule has 96 valence electrons. The maximum Gasteiger partial charge on any atom is 0.411 e. The first-order valence-corrected chi connectivity index (χ1v) is 5.66. The molecule has 1 fully saturated rings. The number of esters is 1. The van der Waals surface area contributed by atoms with E-state index in [0.29, 0.717) is 13.0 Å². The third-order valence-corrected chi connectivity index (χ3v) is 2.35. The Balaban J connectivity index is 2.66. The molecule has 0 aliphatic carbocycles. The normalized spacial score (nSPS) is 19.9. The smallest absolute Gasteiger partial charge is 0.411 e. The molecule has 0 aromatic carbocycles. The molecule has 5 heteroatoms. The number of ether oxygens (including phenoxy) is 2. The first kappa shape index (κ1) is 13.5. The van der Waals surface area contributed by atoms with Crippen LogP contribution in [0.5, 0.6) is 0 Å². The van der Waals surface area contributed by atoms with Gasteiger partial charge in [0, 0.05) is 6.54 Å². The Kier molecular flexibility index (Phi) is 4.15. The van der Waals surface area contributed by atoms with Crippen molar-refractivity contribution in [2.75, 3.05) is 6.54 Å². The predicted molar refractivity (Wildman–Crippen MR) is 62.3 cm³/mol. The van der Waals surface area contributed by atoms with E-state index in [2.05, 4.69) is 6.58 Å². The topological polar surface area (TPSA) is 55.8 Å². The lowest BCUT2D eigenvalue weighted by Gasteiger charge is -2.27. The maximum absolute atomic E-state index is 11.9. The van der Waals surface area contributed by atoms with Crippen molar-refractivity contribution in [3.8, 4) is 0 Å². The summed E-state index contributed by atoms with van der Waals surface area (Å²) < 4.78 is 9.95. The quantitative estimate of drug-likeness (QED) is 0.548. The maximum atomic E-state index is 11.9. The lowest BCUT2D eigenvalue weighted by atomic mass is 10.2. The lowest BCUT2D eigenvalue weighted by molar-refractivity contribution is -0.143. The average Bonchev–Trinajstić information content (AvgIpc) is 2.63. The lowest BCUT2D eigenvalue weighted by Crippen LogP contribution is -2.43. The van der Waals surface area contributed by atoms with Crippen LogP contribution in [0.1, 0.15) is 33.6 Å². The number of hydrogen-bond acceptors (Lipinski definition) is 4. The number of carbonyl (C=O) groups is 2. The van der Waals surface area contributed by atoms with Crippen LogP contribution in [0.25, 0.3) is 0 Å². The summed E-state index contributed by atoms with van der Waals surface area (Å²) >= 11 is 0. The van der Waals surface area contributed by atoms with Crippen molar-refractivity contribution in [1.82, 2.24) is 4.90 Å². The van der Waals surface area contributed by atoms with Gasteiger partial charge in [-0.2, -0.15) is 0 Å². The molecule has 0 radical (unpaired) electrons. The van der Waals surface area contributed by atoms with Gasteiger partial charge in [0.15, 0.2) is 0 Å². The Bertz CT molecular complexity index is 319. The molecule has 17 heavy (non-hydrogen) atoms. The largest absolute Gasteiger partial charge is 0.444 e. The monoisotopic (exact) mass is 241 g/mol. The first-order chi connectivity index (χ1) is 7.85. The van der Waals surface area contributed by atoms with Gasteiger partial charge in [-0.3, -0.25) is 4.90 Å². The van der Waals surface area contributed by atoms with Gasteiger partial charge in [0.1, 0.15) is 11.6 Å². The number of nitrogens with zero attached hydrogens (tertiary/aromatic N) is 1. The van der Waals surface area contributed by atoms with Gasteiger partial charge in [0.25, 0.3) is 0 Å². The number of hydrogen-bond donors (Lipinski definition) is 0. The van der Waals surface area contributed by atoms with E-state index >= 15 is 0 Å². The molecule has 0 bridgehead atoms. The highest BCUT2D eigenvalue weighted by Crippen LogP contribution is 2.21. The summed E-state index contributed by atoms with van der Waals surface area (Å²) in [5, 5.41) is 0. The van der Waals surface area contributed by atoms with Gasteiger partial charge >= 0.3 is 12.1 Å². The van der Waals surface area contributed by atoms with E-state index in [1.165, 1.54) is 4.90 Å². The second-order valence-electron chi connectivity index (χ2n) is 4.94. The molecule has 1 aliphatic rings. The number of amides is 1. The molecule has 5 nitrogen and oxygen atoms in total. The van der Waals surface area contributed by atoms with Crippen LogP contribution in [0, 0.1) is 0 Å². The van der Waals surface area contributed by atoms with Crippen molar-refractivity contribution >= 4 is 12.1 Å². The fraction of sp³-hybridized carbons (Fsp3) is 0.667. The minimum atomic E-state index is -0.563. The molecule has 0 N–H and O–H groups in total. The van der Waals surface area contributed by atoms with Crippen LogP contribution >= 0.6 is 0 Å². The standard InChI is InChI=1S/C12H19NO4/c1-5-16-10(14)9-7-6-8-13(9)11(15)17-12(2,3)4/h5,9H,1,6-8H2,2-4H3/t9-/m0/s1. The Morgan fingerprint density at radius 1 is 1.41 bits per heavy atom. The third kappa shape index (κ3) is 3.76. The first-order valence-electron chi connectivity index (χ1n) is 5.66. The fourth-order valence-electron chi connectivity index (χ4n) is 1.71. The van der Waals surface area contributed by atoms with E-state index in [1.807, 2.05) is 0 Å². The van der Waals surface area contributed by atoms with Crippen molar-refractivity contribution in [2.24, 2.45) is 0 Å². The van der Waals surface area contributed by atoms with Gasteiger partial charge in [-0.05, 0) is 33.6 Å². The molecule has 1 saturated heterocycles. The molecule has 1 rings (SSSR count). The van der Waals surface area contributed by atoms with Crippen LogP contribution < -0.4 is 0 Å². The summed E-state index contributed by atoms with van der Waals surface area (Å²) in [7, 11) is 0. The average molecular weight is 241 g/mol. The summed E-state index contributed by atoms with van der Waals surface area (Å²) in [6.07, 6.45) is 1.98. The number of likely N-dealkylation sites (tertiary alicyclic amines) is 1. The van der Waals surface area contributed by atoms with Crippen LogP contribution in [0.4, 0.5) is 4.79 Å².